The quantitative estimate of drug-likeness (QED) is 0.638. The van der Waals surface area contributed by atoms with Crippen LogP contribution >= 0.6 is 0 Å². The second kappa shape index (κ2) is 4.22. The van der Waals surface area contributed by atoms with Crippen LogP contribution < -0.4 is 0 Å². The summed E-state index contributed by atoms with van der Waals surface area (Å²) in [5.74, 6) is 0. The van der Waals surface area contributed by atoms with Crippen molar-refractivity contribution >= 4 is 10.8 Å². The third-order valence-electron chi connectivity index (χ3n) is 3.20. The number of hydrogen-bond donors (Lipinski definition) is 0. The van der Waals surface area contributed by atoms with Crippen LogP contribution in [-0.2, 0) is 0 Å². The van der Waals surface area contributed by atoms with E-state index in [-0.39, 0.29) is 0 Å². The first-order chi connectivity index (χ1) is 8.75. The number of aromatic nitrogens is 2. The summed E-state index contributed by atoms with van der Waals surface area (Å²) in [6.45, 7) is 4.08. The third-order valence-corrected chi connectivity index (χ3v) is 3.20. The monoisotopic (exact) mass is 234 g/mol. The second-order valence-corrected chi connectivity index (χ2v) is 4.55. The van der Waals surface area contributed by atoms with Crippen LogP contribution in [-0.4, -0.2) is 10.2 Å². The Morgan fingerprint density at radius 1 is 0.722 bits per heavy atom. The molecule has 0 N–H and O–H groups in total. The first-order valence-electron chi connectivity index (χ1n) is 6.05. The molecular weight excluding hydrogens is 220 g/mol. The zero-order chi connectivity index (χ0) is 12.5. The van der Waals surface area contributed by atoms with E-state index in [1.807, 2.05) is 19.1 Å². The highest BCUT2D eigenvalue weighted by molar-refractivity contribution is 5.95. The largest absolute Gasteiger partial charge is 0.155 e. The molecule has 0 bridgehead atoms. The number of hydrogen-bond acceptors (Lipinski definition) is 2. The molecule has 1 aromatic heterocycles. The van der Waals surface area contributed by atoms with Crippen LogP contribution in [0.1, 0.15) is 11.3 Å². The number of rotatable bonds is 1. The minimum Gasteiger partial charge on any atom is -0.155 e. The standard InChI is InChI=1S/C16H14N2/c1-11-7-9-13(10-8-11)16-15-6-4-3-5-14(15)12(2)17-18-16/h3-10H,1-2H3. The highest BCUT2D eigenvalue weighted by Crippen LogP contribution is 2.27. The molecule has 1 heterocycles. The molecule has 2 aromatic carbocycles. The molecule has 0 spiro atoms. The Morgan fingerprint density at radius 2 is 1.39 bits per heavy atom. The molecule has 2 heteroatoms. The Hall–Kier alpha value is -2.22. The molecular formula is C16H14N2. The fourth-order valence-electron chi connectivity index (χ4n) is 2.16. The third kappa shape index (κ3) is 1.76. The van der Waals surface area contributed by atoms with E-state index >= 15 is 0 Å². The second-order valence-electron chi connectivity index (χ2n) is 4.55. The lowest BCUT2D eigenvalue weighted by molar-refractivity contribution is 1.01. The number of aryl methyl sites for hydroxylation is 2. The van der Waals surface area contributed by atoms with Gasteiger partial charge in [-0.2, -0.15) is 5.10 Å². The lowest BCUT2D eigenvalue weighted by Gasteiger charge is -2.07. The van der Waals surface area contributed by atoms with Gasteiger partial charge in [-0.3, -0.25) is 0 Å². The fourth-order valence-corrected chi connectivity index (χ4v) is 2.16. The van der Waals surface area contributed by atoms with Crippen LogP contribution in [0.4, 0.5) is 0 Å². The lowest BCUT2D eigenvalue weighted by atomic mass is 10.0. The highest BCUT2D eigenvalue weighted by Gasteiger charge is 2.07. The van der Waals surface area contributed by atoms with Crippen molar-refractivity contribution in [3.05, 3.63) is 59.8 Å². The van der Waals surface area contributed by atoms with Gasteiger partial charge in [0.1, 0.15) is 5.69 Å². The van der Waals surface area contributed by atoms with E-state index in [9.17, 15) is 0 Å². The van der Waals surface area contributed by atoms with E-state index in [1.54, 1.807) is 0 Å². The van der Waals surface area contributed by atoms with E-state index in [1.165, 1.54) is 10.9 Å². The van der Waals surface area contributed by atoms with E-state index in [0.717, 1.165) is 22.3 Å². The van der Waals surface area contributed by atoms with Crippen molar-refractivity contribution < 1.29 is 0 Å². The first kappa shape index (κ1) is 10.9. The van der Waals surface area contributed by atoms with Gasteiger partial charge in [-0.25, -0.2) is 0 Å². The molecule has 18 heavy (non-hydrogen) atoms. The Morgan fingerprint density at radius 3 is 2.11 bits per heavy atom. The van der Waals surface area contributed by atoms with Crippen LogP contribution in [0.5, 0.6) is 0 Å². The van der Waals surface area contributed by atoms with Crippen molar-refractivity contribution in [2.24, 2.45) is 0 Å². The van der Waals surface area contributed by atoms with E-state index in [0.29, 0.717) is 0 Å². The summed E-state index contributed by atoms with van der Waals surface area (Å²) in [4.78, 5) is 0. The highest BCUT2D eigenvalue weighted by atomic mass is 15.1. The molecule has 0 atom stereocenters. The molecule has 0 radical (unpaired) electrons. The maximum Gasteiger partial charge on any atom is 0.101 e. The topological polar surface area (TPSA) is 25.8 Å². The van der Waals surface area contributed by atoms with Gasteiger partial charge in [0.2, 0.25) is 0 Å². The zero-order valence-electron chi connectivity index (χ0n) is 10.5. The van der Waals surface area contributed by atoms with Crippen molar-refractivity contribution in [2.45, 2.75) is 13.8 Å². The summed E-state index contributed by atoms with van der Waals surface area (Å²) in [5, 5.41) is 10.9. The summed E-state index contributed by atoms with van der Waals surface area (Å²) >= 11 is 0. The van der Waals surface area contributed by atoms with Gasteiger partial charge < -0.3 is 0 Å². The van der Waals surface area contributed by atoms with Gasteiger partial charge in [0, 0.05) is 16.3 Å². The average Bonchev–Trinajstić information content (AvgIpc) is 2.41. The summed E-state index contributed by atoms with van der Waals surface area (Å²) in [7, 11) is 0. The SMILES string of the molecule is Cc1ccc(-c2nnc(C)c3ccccc23)cc1. The summed E-state index contributed by atoms with van der Waals surface area (Å²) in [6.07, 6.45) is 0. The van der Waals surface area contributed by atoms with Gasteiger partial charge in [0.05, 0.1) is 5.69 Å². The molecule has 0 amide bonds. The molecule has 0 aliphatic heterocycles. The molecule has 88 valence electrons. The van der Waals surface area contributed by atoms with Crippen LogP contribution in [0.3, 0.4) is 0 Å². The molecule has 0 fully saturated rings. The van der Waals surface area contributed by atoms with E-state index < -0.39 is 0 Å². The Labute approximate surface area is 106 Å². The van der Waals surface area contributed by atoms with Crippen molar-refractivity contribution in [3.63, 3.8) is 0 Å². The van der Waals surface area contributed by atoms with E-state index in [2.05, 4.69) is 53.5 Å². The molecule has 3 aromatic rings. The minimum atomic E-state index is 0.955. The van der Waals surface area contributed by atoms with Crippen molar-refractivity contribution in [2.75, 3.05) is 0 Å². The molecule has 0 saturated heterocycles. The average molecular weight is 234 g/mol. The van der Waals surface area contributed by atoms with Crippen molar-refractivity contribution in [1.82, 2.24) is 10.2 Å². The van der Waals surface area contributed by atoms with Crippen LogP contribution in [0, 0.1) is 13.8 Å². The van der Waals surface area contributed by atoms with Crippen molar-refractivity contribution in [1.29, 1.82) is 0 Å². The molecule has 0 aliphatic rings. The predicted molar refractivity (Wildman–Crippen MR) is 74.4 cm³/mol. The Kier molecular flexibility index (Phi) is 2.56. The molecule has 0 aliphatic carbocycles. The minimum absolute atomic E-state index is 0.955. The summed E-state index contributed by atoms with van der Waals surface area (Å²) < 4.78 is 0. The van der Waals surface area contributed by atoms with Gasteiger partial charge >= 0.3 is 0 Å². The van der Waals surface area contributed by atoms with Gasteiger partial charge in [-0.15, -0.1) is 5.10 Å². The number of nitrogens with zero attached hydrogens (tertiary/aromatic N) is 2. The number of fused-ring (bicyclic) bond motifs is 1. The Balaban J connectivity index is 2.30. The van der Waals surface area contributed by atoms with E-state index in [4.69, 9.17) is 0 Å². The summed E-state index contributed by atoms with van der Waals surface area (Å²) in [6, 6.07) is 16.7. The van der Waals surface area contributed by atoms with Gasteiger partial charge in [-0.05, 0) is 13.8 Å². The molecule has 3 rings (SSSR count). The Bertz CT molecular complexity index is 700. The normalized spacial score (nSPS) is 10.8. The van der Waals surface area contributed by atoms with Crippen LogP contribution in [0.15, 0.2) is 48.5 Å². The molecule has 0 unspecified atom stereocenters. The zero-order valence-corrected chi connectivity index (χ0v) is 10.5. The fraction of sp³-hybridized carbons (Fsp3) is 0.125. The van der Waals surface area contributed by atoms with Gasteiger partial charge in [-0.1, -0.05) is 54.1 Å². The predicted octanol–water partition coefficient (Wildman–Crippen LogP) is 3.91. The van der Waals surface area contributed by atoms with Gasteiger partial charge in [0.25, 0.3) is 0 Å². The smallest absolute Gasteiger partial charge is 0.101 e. The van der Waals surface area contributed by atoms with Crippen LogP contribution in [0.25, 0.3) is 22.0 Å². The van der Waals surface area contributed by atoms with Crippen molar-refractivity contribution in [3.8, 4) is 11.3 Å². The first-order valence-corrected chi connectivity index (χ1v) is 6.05. The molecule has 2 nitrogen and oxygen atoms in total. The maximum absolute atomic E-state index is 4.36. The maximum atomic E-state index is 4.36. The summed E-state index contributed by atoms with van der Waals surface area (Å²) in [5.41, 5.74) is 4.30. The lowest BCUT2D eigenvalue weighted by Crippen LogP contribution is -1.93. The van der Waals surface area contributed by atoms with Gasteiger partial charge in [0.15, 0.2) is 0 Å². The van der Waals surface area contributed by atoms with Crippen LogP contribution in [0.2, 0.25) is 0 Å². The number of benzene rings is 2. The molecule has 0 saturated carbocycles.